The standard InChI is InChI=1S/C15H18N4O2/c1-10-3-4-12(16-6-10)15(21)19-7-13-14(5-11(19)8-20)18(2)9-17-13/h3-4,6,9,11,20H,5,7-8H2,1-2H3/t11-/m0/s1. The molecule has 0 saturated carbocycles. The molecule has 0 fully saturated rings. The van der Waals surface area contributed by atoms with Crippen molar-refractivity contribution in [2.45, 2.75) is 25.9 Å². The van der Waals surface area contributed by atoms with Crippen LogP contribution in [0.1, 0.15) is 27.4 Å². The first-order valence-corrected chi connectivity index (χ1v) is 6.93. The zero-order valence-electron chi connectivity index (χ0n) is 12.2. The second-order valence-electron chi connectivity index (χ2n) is 5.44. The van der Waals surface area contributed by atoms with Crippen LogP contribution in [0.4, 0.5) is 0 Å². The highest BCUT2D eigenvalue weighted by Crippen LogP contribution is 2.23. The number of rotatable bonds is 2. The van der Waals surface area contributed by atoms with Gasteiger partial charge in [0.25, 0.3) is 5.91 Å². The van der Waals surface area contributed by atoms with E-state index in [1.165, 1.54) is 0 Å². The van der Waals surface area contributed by atoms with Crippen LogP contribution >= 0.6 is 0 Å². The Kier molecular flexibility index (Phi) is 3.47. The van der Waals surface area contributed by atoms with E-state index < -0.39 is 0 Å². The molecule has 0 radical (unpaired) electrons. The number of aliphatic hydroxyl groups excluding tert-OH is 1. The maximum absolute atomic E-state index is 12.6. The second-order valence-corrected chi connectivity index (χ2v) is 5.44. The molecule has 1 N–H and O–H groups in total. The fourth-order valence-corrected chi connectivity index (χ4v) is 2.66. The predicted molar refractivity (Wildman–Crippen MR) is 76.6 cm³/mol. The zero-order valence-corrected chi connectivity index (χ0v) is 12.2. The number of hydrogen-bond donors (Lipinski definition) is 1. The number of amides is 1. The Balaban J connectivity index is 1.90. The molecular weight excluding hydrogens is 268 g/mol. The van der Waals surface area contributed by atoms with Crippen molar-refractivity contribution in [3.63, 3.8) is 0 Å². The Morgan fingerprint density at radius 1 is 1.43 bits per heavy atom. The topological polar surface area (TPSA) is 71.2 Å². The first kappa shape index (κ1) is 13.8. The maximum atomic E-state index is 12.6. The fraction of sp³-hybridized carbons (Fsp3) is 0.400. The quantitative estimate of drug-likeness (QED) is 0.881. The molecule has 0 unspecified atom stereocenters. The highest BCUT2D eigenvalue weighted by molar-refractivity contribution is 5.92. The van der Waals surface area contributed by atoms with Crippen molar-refractivity contribution in [1.82, 2.24) is 19.4 Å². The van der Waals surface area contributed by atoms with E-state index >= 15 is 0 Å². The Bertz CT molecular complexity index is 663. The van der Waals surface area contributed by atoms with Gasteiger partial charge in [0.15, 0.2) is 0 Å². The molecule has 1 atom stereocenters. The third-order valence-corrected chi connectivity index (χ3v) is 3.94. The third kappa shape index (κ3) is 2.42. The molecule has 0 aromatic carbocycles. The van der Waals surface area contributed by atoms with Gasteiger partial charge in [-0.2, -0.15) is 0 Å². The van der Waals surface area contributed by atoms with Gasteiger partial charge in [-0.05, 0) is 18.6 Å². The van der Waals surface area contributed by atoms with Crippen LogP contribution in [-0.2, 0) is 20.0 Å². The first-order valence-electron chi connectivity index (χ1n) is 6.93. The van der Waals surface area contributed by atoms with Crippen molar-refractivity contribution in [2.75, 3.05) is 6.61 Å². The molecule has 2 aromatic heterocycles. The van der Waals surface area contributed by atoms with Crippen LogP contribution in [0, 0.1) is 6.92 Å². The summed E-state index contributed by atoms with van der Waals surface area (Å²) in [5.41, 5.74) is 3.38. The van der Waals surface area contributed by atoms with E-state index in [9.17, 15) is 9.90 Å². The van der Waals surface area contributed by atoms with Crippen molar-refractivity contribution in [2.24, 2.45) is 7.05 Å². The highest BCUT2D eigenvalue weighted by Gasteiger charge is 2.32. The van der Waals surface area contributed by atoms with Crippen LogP contribution in [0.2, 0.25) is 0 Å². The molecular formula is C15H18N4O2. The number of hydrogen-bond acceptors (Lipinski definition) is 4. The zero-order chi connectivity index (χ0) is 15.0. The molecule has 2 aromatic rings. The first-order chi connectivity index (χ1) is 10.1. The molecule has 6 nitrogen and oxygen atoms in total. The normalized spacial score (nSPS) is 17.7. The van der Waals surface area contributed by atoms with Crippen LogP contribution < -0.4 is 0 Å². The van der Waals surface area contributed by atoms with Crippen molar-refractivity contribution in [1.29, 1.82) is 0 Å². The summed E-state index contributed by atoms with van der Waals surface area (Å²) in [7, 11) is 1.93. The number of aliphatic hydroxyl groups is 1. The van der Waals surface area contributed by atoms with Crippen molar-refractivity contribution >= 4 is 5.91 Å². The fourth-order valence-electron chi connectivity index (χ4n) is 2.66. The van der Waals surface area contributed by atoms with Crippen LogP contribution in [0.15, 0.2) is 24.7 Å². The third-order valence-electron chi connectivity index (χ3n) is 3.94. The van der Waals surface area contributed by atoms with E-state index in [1.54, 1.807) is 23.5 Å². The number of nitrogens with zero attached hydrogens (tertiary/aromatic N) is 4. The highest BCUT2D eigenvalue weighted by atomic mass is 16.3. The minimum absolute atomic E-state index is 0.0672. The number of imidazole rings is 1. The lowest BCUT2D eigenvalue weighted by Gasteiger charge is -2.34. The van der Waals surface area contributed by atoms with Gasteiger partial charge in [-0.15, -0.1) is 0 Å². The minimum atomic E-state index is -0.233. The lowest BCUT2D eigenvalue weighted by molar-refractivity contribution is 0.0530. The van der Waals surface area contributed by atoms with Gasteiger partial charge in [0.05, 0.1) is 31.2 Å². The van der Waals surface area contributed by atoms with Gasteiger partial charge in [0.1, 0.15) is 5.69 Å². The molecule has 3 heterocycles. The summed E-state index contributed by atoms with van der Waals surface area (Å²) in [5.74, 6) is -0.162. The molecule has 1 aliphatic rings. The molecule has 3 rings (SSSR count). The van der Waals surface area contributed by atoms with Gasteiger partial charge in [-0.1, -0.05) is 6.07 Å². The van der Waals surface area contributed by atoms with E-state index in [1.807, 2.05) is 24.6 Å². The Morgan fingerprint density at radius 2 is 2.24 bits per heavy atom. The van der Waals surface area contributed by atoms with Crippen LogP contribution in [0.25, 0.3) is 0 Å². The van der Waals surface area contributed by atoms with Crippen molar-refractivity contribution < 1.29 is 9.90 Å². The summed E-state index contributed by atoms with van der Waals surface area (Å²) in [5, 5.41) is 9.61. The SMILES string of the molecule is Cc1ccc(C(=O)N2Cc3ncn(C)c3C[C@H]2CO)nc1. The van der Waals surface area contributed by atoms with Gasteiger partial charge in [-0.25, -0.2) is 4.98 Å². The molecule has 1 amide bonds. The molecule has 21 heavy (non-hydrogen) atoms. The van der Waals surface area contributed by atoms with E-state index in [4.69, 9.17) is 0 Å². The molecule has 0 bridgehead atoms. The molecule has 6 heteroatoms. The summed E-state index contributed by atoms with van der Waals surface area (Å²) in [4.78, 5) is 22.8. The maximum Gasteiger partial charge on any atom is 0.273 e. The summed E-state index contributed by atoms with van der Waals surface area (Å²) in [6.45, 7) is 2.27. The largest absolute Gasteiger partial charge is 0.394 e. The number of carbonyl (C=O) groups excluding carboxylic acids is 1. The second kappa shape index (κ2) is 5.29. The minimum Gasteiger partial charge on any atom is -0.394 e. The molecule has 0 aliphatic carbocycles. The number of carbonyl (C=O) groups is 1. The van der Waals surface area contributed by atoms with E-state index in [0.29, 0.717) is 18.7 Å². The lowest BCUT2D eigenvalue weighted by atomic mass is 10.0. The molecule has 110 valence electrons. The summed E-state index contributed by atoms with van der Waals surface area (Å²) < 4.78 is 1.95. The average Bonchev–Trinajstić information content (AvgIpc) is 2.86. The van der Waals surface area contributed by atoms with Gasteiger partial charge >= 0.3 is 0 Å². The lowest BCUT2D eigenvalue weighted by Crippen LogP contribution is -2.46. The van der Waals surface area contributed by atoms with Crippen molar-refractivity contribution in [3.8, 4) is 0 Å². The Morgan fingerprint density at radius 3 is 2.90 bits per heavy atom. The van der Waals surface area contributed by atoms with Gasteiger partial charge in [-0.3, -0.25) is 9.78 Å². The average molecular weight is 286 g/mol. The van der Waals surface area contributed by atoms with Gasteiger partial charge in [0, 0.05) is 25.4 Å². The smallest absolute Gasteiger partial charge is 0.273 e. The summed E-state index contributed by atoms with van der Waals surface area (Å²) >= 11 is 0. The van der Waals surface area contributed by atoms with Crippen LogP contribution in [-0.4, -0.2) is 43.1 Å². The van der Waals surface area contributed by atoms with Crippen molar-refractivity contribution in [3.05, 3.63) is 47.3 Å². The van der Waals surface area contributed by atoms with Gasteiger partial charge < -0.3 is 14.6 Å². The van der Waals surface area contributed by atoms with Crippen LogP contribution in [0.3, 0.4) is 0 Å². The summed E-state index contributed by atoms with van der Waals surface area (Å²) in [6, 6.07) is 3.35. The molecule has 0 spiro atoms. The number of pyridine rings is 1. The molecule has 0 saturated heterocycles. The van der Waals surface area contributed by atoms with Crippen LogP contribution in [0.5, 0.6) is 0 Å². The number of fused-ring (bicyclic) bond motifs is 1. The Hall–Kier alpha value is -2.21. The van der Waals surface area contributed by atoms with E-state index in [-0.39, 0.29) is 18.6 Å². The van der Waals surface area contributed by atoms with E-state index in [2.05, 4.69) is 9.97 Å². The monoisotopic (exact) mass is 286 g/mol. The summed E-state index contributed by atoms with van der Waals surface area (Å²) in [6.07, 6.45) is 4.04. The van der Waals surface area contributed by atoms with Gasteiger partial charge in [0.2, 0.25) is 0 Å². The molecule has 1 aliphatic heterocycles. The number of aryl methyl sites for hydroxylation is 2. The van der Waals surface area contributed by atoms with E-state index in [0.717, 1.165) is 17.0 Å². The Labute approximate surface area is 123 Å². The predicted octanol–water partition coefficient (Wildman–Crippen LogP) is 0.683. The number of aromatic nitrogens is 3.